The van der Waals surface area contributed by atoms with Crippen molar-refractivity contribution in [1.29, 1.82) is 0 Å². The van der Waals surface area contributed by atoms with Gasteiger partial charge in [0, 0.05) is 29.3 Å². The molecule has 5 aromatic rings. The van der Waals surface area contributed by atoms with E-state index >= 15 is 0 Å². The molecule has 0 saturated carbocycles. The Morgan fingerprint density at radius 1 is 0.943 bits per heavy atom. The fraction of sp³-hybridized carbons (Fsp3) is 0.179. The van der Waals surface area contributed by atoms with Gasteiger partial charge in [-0.1, -0.05) is 48.5 Å². The van der Waals surface area contributed by atoms with E-state index in [9.17, 15) is 0 Å². The molecule has 1 unspecified atom stereocenters. The van der Waals surface area contributed by atoms with E-state index in [0.29, 0.717) is 23.9 Å². The number of hydrogen-bond donors (Lipinski definition) is 2. The van der Waals surface area contributed by atoms with Crippen LogP contribution in [0.4, 0.5) is 5.82 Å². The minimum absolute atomic E-state index is 0.00939. The summed E-state index contributed by atoms with van der Waals surface area (Å²) in [5, 5.41) is 11.4. The molecular weight excluding hydrogens is 438 g/mol. The van der Waals surface area contributed by atoms with Gasteiger partial charge >= 0.3 is 0 Å². The van der Waals surface area contributed by atoms with Crippen LogP contribution in [0.25, 0.3) is 22.0 Å². The third kappa shape index (κ3) is 4.94. The van der Waals surface area contributed by atoms with E-state index in [0.717, 1.165) is 39.0 Å². The van der Waals surface area contributed by atoms with Crippen molar-refractivity contribution < 1.29 is 9.47 Å². The number of nitrogens with zero attached hydrogens (tertiary/aromatic N) is 3. The SMILES string of the molecule is COc1cc2nc(C)nc(NC(C)c3cccc(-c4cn[nH]c4)c3)c2cc1OCc1ccccc1. The van der Waals surface area contributed by atoms with Crippen molar-refractivity contribution in [3.63, 3.8) is 0 Å². The van der Waals surface area contributed by atoms with Crippen molar-refractivity contribution in [1.82, 2.24) is 20.2 Å². The summed E-state index contributed by atoms with van der Waals surface area (Å²) in [4.78, 5) is 9.36. The molecule has 0 saturated heterocycles. The highest BCUT2D eigenvalue weighted by molar-refractivity contribution is 5.92. The lowest BCUT2D eigenvalue weighted by Gasteiger charge is -2.19. The molecule has 7 nitrogen and oxygen atoms in total. The van der Waals surface area contributed by atoms with Gasteiger partial charge < -0.3 is 14.8 Å². The van der Waals surface area contributed by atoms with Crippen molar-refractivity contribution in [2.24, 2.45) is 0 Å². The Balaban J connectivity index is 1.47. The molecule has 0 bridgehead atoms. The van der Waals surface area contributed by atoms with Crippen LogP contribution in [0.1, 0.15) is 29.9 Å². The molecule has 2 N–H and O–H groups in total. The van der Waals surface area contributed by atoms with Gasteiger partial charge in [0.2, 0.25) is 0 Å². The van der Waals surface area contributed by atoms with E-state index in [2.05, 4.69) is 51.7 Å². The lowest BCUT2D eigenvalue weighted by atomic mass is 10.0. The summed E-state index contributed by atoms with van der Waals surface area (Å²) in [6, 6.07) is 22.3. The zero-order valence-corrected chi connectivity index (χ0v) is 19.9. The van der Waals surface area contributed by atoms with Crippen LogP contribution in [0.2, 0.25) is 0 Å². The van der Waals surface area contributed by atoms with Crippen LogP contribution in [0, 0.1) is 6.92 Å². The van der Waals surface area contributed by atoms with E-state index < -0.39 is 0 Å². The van der Waals surface area contributed by atoms with Gasteiger partial charge in [0.25, 0.3) is 0 Å². The minimum atomic E-state index is 0.00939. The summed E-state index contributed by atoms with van der Waals surface area (Å²) in [5.74, 6) is 2.72. The number of aryl methyl sites for hydroxylation is 1. The van der Waals surface area contributed by atoms with Gasteiger partial charge in [-0.2, -0.15) is 5.10 Å². The van der Waals surface area contributed by atoms with Gasteiger partial charge in [-0.3, -0.25) is 5.10 Å². The highest BCUT2D eigenvalue weighted by Gasteiger charge is 2.16. The smallest absolute Gasteiger partial charge is 0.162 e. The molecule has 7 heteroatoms. The fourth-order valence-corrected chi connectivity index (χ4v) is 4.06. The van der Waals surface area contributed by atoms with Gasteiger partial charge in [0.15, 0.2) is 11.5 Å². The summed E-state index contributed by atoms with van der Waals surface area (Å²) in [7, 11) is 1.64. The van der Waals surface area contributed by atoms with Gasteiger partial charge in [-0.25, -0.2) is 9.97 Å². The number of H-pyrrole nitrogens is 1. The molecule has 176 valence electrons. The van der Waals surface area contributed by atoms with Gasteiger partial charge in [0.1, 0.15) is 18.2 Å². The summed E-state index contributed by atoms with van der Waals surface area (Å²) in [6.45, 7) is 4.45. The van der Waals surface area contributed by atoms with Crippen LogP contribution in [0.3, 0.4) is 0 Å². The lowest BCUT2D eigenvalue weighted by molar-refractivity contribution is 0.285. The van der Waals surface area contributed by atoms with Crippen molar-refractivity contribution in [2.75, 3.05) is 12.4 Å². The van der Waals surface area contributed by atoms with Crippen LogP contribution in [-0.4, -0.2) is 27.3 Å². The van der Waals surface area contributed by atoms with E-state index in [1.807, 2.05) is 61.8 Å². The molecule has 35 heavy (non-hydrogen) atoms. The van der Waals surface area contributed by atoms with Crippen LogP contribution in [0.5, 0.6) is 11.5 Å². The number of hydrogen-bond acceptors (Lipinski definition) is 6. The second kappa shape index (κ2) is 9.85. The summed E-state index contributed by atoms with van der Waals surface area (Å²) < 4.78 is 11.7. The predicted octanol–water partition coefficient (Wildman–Crippen LogP) is 6.09. The van der Waals surface area contributed by atoms with Crippen LogP contribution in [0.15, 0.2) is 79.1 Å². The molecule has 0 aliphatic heterocycles. The van der Waals surface area contributed by atoms with Crippen molar-refractivity contribution >= 4 is 16.7 Å². The monoisotopic (exact) mass is 465 g/mol. The average Bonchev–Trinajstić information content (AvgIpc) is 3.43. The fourth-order valence-electron chi connectivity index (χ4n) is 4.06. The Kier molecular flexibility index (Phi) is 6.30. The third-order valence-corrected chi connectivity index (χ3v) is 5.90. The minimum Gasteiger partial charge on any atom is -0.493 e. The maximum absolute atomic E-state index is 6.14. The zero-order chi connectivity index (χ0) is 24.2. The number of aromatic nitrogens is 4. The van der Waals surface area contributed by atoms with Gasteiger partial charge in [0.05, 0.1) is 18.8 Å². The molecule has 0 aliphatic carbocycles. The maximum atomic E-state index is 6.14. The number of nitrogens with one attached hydrogen (secondary N) is 2. The van der Waals surface area contributed by atoms with E-state index in [1.165, 1.54) is 0 Å². The first kappa shape index (κ1) is 22.4. The van der Waals surface area contributed by atoms with Crippen LogP contribution < -0.4 is 14.8 Å². The number of rotatable bonds is 8. The second-order valence-electron chi connectivity index (χ2n) is 8.39. The van der Waals surface area contributed by atoms with Gasteiger partial charge in [-0.15, -0.1) is 0 Å². The van der Waals surface area contributed by atoms with E-state index in [1.54, 1.807) is 7.11 Å². The molecule has 2 aromatic heterocycles. The third-order valence-electron chi connectivity index (χ3n) is 5.90. The number of ether oxygens (including phenoxy) is 2. The first-order valence-electron chi connectivity index (χ1n) is 11.5. The van der Waals surface area contributed by atoms with Crippen molar-refractivity contribution in [2.45, 2.75) is 26.5 Å². The molecule has 0 fully saturated rings. The number of benzene rings is 3. The molecule has 0 spiro atoms. The summed E-state index contributed by atoms with van der Waals surface area (Å²) in [6.07, 6.45) is 3.71. The van der Waals surface area contributed by atoms with Crippen LogP contribution >= 0.6 is 0 Å². The van der Waals surface area contributed by atoms with Crippen LogP contribution in [-0.2, 0) is 6.61 Å². The zero-order valence-electron chi connectivity index (χ0n) is 19.9. The highest BCUT2D eigenvalue weighted by atomic mass is 16.5. The normalized spacial score (nSPS) is 11.9. The highest BCUT2D eigenvalue weighted by Crippen LogP contribution is 2.36. The number of anilines is 1. The van der Waals surface area contributed by atoms with Crippen molar-refractivity contribution in [3.8, 4) is 22.6 Å². The second-order valence-corrected chi connectivity index (χ2v) is 8.39. The molecule has 2 heterocycles. The molecule has 3 aromatic carbocycles. The first-order chi connectivity index (χ1) is 17.1. The summed E-state index contributed by atoms with van der Waals surface area (Å²) in [5.41, 5.74) is 5.18. The number of methoxy groups -OCH3 is 1. The average molecular weight is 466 g/mol. The topological polar surface area (TPSA) is 85.0 Å². The lowest BCUT2D eigenvalue weighted by Crippen LogP contribution is -2.10. The number of aromatic amines is 1. The predicted molar refractivity (Wildman–Crippen MR) is 138 cm³/mol. The molecular formula is C28H27N5O2. The molecule has 0 aliphatic rings. The maximum Gasteiger partial charge on any atom is 0.162 e. The Bertz CT molecular complexity index is 1440. The largest absolute Gasteiger partial charge is 0.493 e. The van der Waals surface area contributed by atoms with E-state index in [-0.39, 0.29) is 6.04 Å². The summed E-state index contributed by atoms with van der Waals surface area (Å²) >= 11 is 0. The molecule has 5 rings (SSSR count). The standard InChI is InChI=1S/C28H27N5O2/c1-18(21-10-7-11-22(12-21)23-15-29-30-16-23)31-28-24-13-27(35-17-20-8-5-4-6-9-20)26(34-3)14-25(24)32-19(2)33-28/h4-16,18H,17H2,1-3H3,(H,29,30)(H,31,32,33). The van der Waals surface area contributed by atoms with Gasteiger partial charge in [-0.05, 0) is 42.7 Å². The van der Waals surface area contributed by atoms with Crippen molar-refractivity contribution in [3.05, 3.63) is 96.1 Å². The Labute approximate surface area is 204 Å². The van der Waals surface area contributed by atoms with E-state index in [4.69, 9.17) is 14.5 Å². The molecule has 0 amide bonds. The Hall–Kier alpha value is -4.39. The Morgan fingerprint density at radius 3 is 2.57 bits per heavy atom. The first-order valence-corrected chi connectivity index (χ1v) is 11.5. The Morgan fingerprint density at radius 2 is 1.80 bits per heavy atom. The quantitative estimate of drug-likeness (QED) is 0.288. The molecule has 0 radical (unpaired) electrons. The number of fused-ring (bicyclic) bond motifs is 1. The molecule has 1 atom stereocenters.